The van der Waals surface area contributed by atoms with Gasteiger partial charge < -0.3 is 5.11 Å². The Kier molecular flexibility index (Phi) is 4.87. The van der Waals surface area contributed by atoms with Crippen LogP contribution in [0.5, 0.6) is 0 Å². The summed E-state index contributed by atoms with van der Waals surface area (Å²) < 4.78 is 0. The van der Waals surface area contributed by atoms with E-state index in [1.165, 1.54) is 38.8 Å². The third-order valence-corrected chi connectivity index (χ3v) is 4.30. The monoisotopic (exact) mass is 239 g/mol. The molecule has 2 aliphatic carbocycles. The van der Waals surface area contributed by atoms with E-state index >= 15 is 0 Å². The minimum Gasteiger partial charge on any atom is -0.391 e. The molecule has 0 aliphatic heterocycles. The first-order chi connectivity index (χ1) is 8.24. The largest absolute Gasteiger partial charge is 0.391 e. The lowest BCUT2D eigenvalue weighted by Gasteiger charge is -2.34. The van der Waals surface area contributed by atoms with E-state index in [9.17, 15) is 5.11 Å². The molecule has 2 rings (SSSR count). The predicted molar refractivity (Wildman–Crippen MR) is 72.0 cm³/mol. The SMILES string of the molecule is CCCC(O)C(CC)N(CC1CC1)CC1CC1. The van der Waals surface area contributed by atoms with E-state index in [1.54, 1.807) is 0 Å². The zero-order valence-electron chi connectivity index (χ0n) is 11.6. The van der Waals surface area contributed by atoms with Crippen molar-refractivity contribution in [2.24, 2.45) is 11.8 Å². The number of hydrogen-bond donors (Lipinski definition) is 1. The Morgan fingerprint density at radius 3 is 1.94 bits per heavy atom. The Morgan fingerprint density at radius 2 is 1.59 bits per heavy atom. The Labute approximate surface area is 106 Å². The fourth-order valence-corrected chi connectivity index (χ4v) is 2.87. The molecule has 100 valence electrons. The van der Waals surface area contributed by atoms with Crippen LogP contribution in [0.25, 0.3) is 0 Å². The quantitative estimate of drug-likeness (QED) is 0.668. The first-order valence-corrected chi connectivity index (χ1v) is 7.66. The van der Waals surface area contributed by atoms with Crippen LogP contribution >= 0.6 is 0 Å². The number of aliphatic hydroxyl groups is 1. The minimum atomic E-state index is -0.109. The molecular formula is C15H29NO. The molecule has 17 heavy (non-hydrogen) atoms. The summed E-state index contributed by atoms with van der Waals surface area (Å²) in [4.78, 5) is 2.62. The highest BCUT2D eigenvalue weighted by molar-refractivity contribution is 4.87. The lowest BCUT2D eigenvalue weighted by molar-refractivity contribution is 0.0354. The van der Waals surface area contributed by atoms with Gasteiger partial charge in [-0.25, -0.2) is 0 Å². The highest BCUT2D eigenvalue weighted by Gasteiger charge is 2.34. The van der Waals surface area contributed by atoms with Gasteiger partial charge in [0, 0.05) is 19.1 Å². The molecule has 0 radical (unpaired) electrons. The highest BCUT2D eigenvalue weighted by Crippen LogP contribution is 2.35. The smallest absolute Gasteiger partial charge is 0.0695 e. The second-order valence-corrected chi connectivity index (χ2v) is 6.17. The van der Waals surface area contributed by atoms with Gasteiger partial charge in [-0.1, -0.05) is 20.3 Å². The second-order valence-electron chi connectivity index (χ2n) is 6.17. The van der Waals surface area contributed by atoms with Crippen LogP contribution in [-0.2, 0) is 0 Å². The van der Waals surface area contributed by atoms with E-state index in [4.69, 9.17) is 0 Å². The number of hydrogen-bond acceptors (Lipinski definition) is 2. The van der Waals surface area contributed by atoms with Crippen LogP contribution in [-0.4, -0.2) is 35.2 Å². The van der Waals surface area contributed by atoms with E-state index in [1.807, 2.05) is 0 Å². The van der Waals surface area contributed by atoms with Crippen LogP contribution in [0.4, 0.5) is 0 Å². The van der Waals surface area contributed by atoms with E-state index < -0.39 is 0 Å². The van der Waals surface area contributed by atoms with Crippen LogP contribution in [0, 0.1) is 11.8 Å². The number of aliphatic hydroxyl groups excluding tert-OH is 1. The molecule has 0 aromatic carbocycles. The molecule has 0 bridgehead atoms. The molecule has 2 saturated carbocycles. The maximum atomic E-state index is 10.3. The van der Waals surface area contributed by atoms with Crippen molar-refractivity contribution in [3.8, 4) is 0 Å². The molecule has 2 atom stereocenters. The third kappa shape index (κ3) is 4.26. The van der Waals surface area contributed by atoms with Crippen LogP contribution in [0.3, 0.4) is 0 Å². The molecule has 1 N–H and O–H groups in total. The van der Waals surface area contributed by atoms with Crippen molar-refractivity contribution >= 4 is 0 Å². The normalized spacial score (nSPS) is 24.0. The lowest BCUT2D eigenvalue weighted by atomic mass is 10.0. The zero-order chi connectivity index (χ0) is 12.3. The van der Waals surface area contributed by atoms with Crippen molar-refractivity contribution in [1.29, 1.82) is 0 Å². The van der Waals surface area contributed by atoms with Gasteiger partial charge >= 0.3 is 0 Å². The average Bonchev–Trinajstić information content (AvgIpc) is 3.14. The summed E-state index contributed by atoms with van der Waals surface area (Å²) in [6, 6.07) is 0.413. The van der Waals surface area contributed by atoms with Crippen molar-refractivity contribution in [2.45, 2.75) is 70.9 Å². The molecular weight excluding hydrogens is 210 g/mol. The maximum absolute atomic E-state index is 10.3. The summed E-state index contributed by atoms with van der Waals surface area (Å²) in [6.45, 7) is 6.89. The lowest BCUT2D eigenvalue weighted by Crippen LogP contribution is -2.45. The molecule has 2 nitrogen and oxygen atoms in total. The Hall–Kier alpha value is -0.0800. The average molecular weight is 239 g/mol. The Balaban J connectivity index is 1.88. The summed E-state index contributed by atoms with van der Waals surface area (Å²) in [5, 5.41) is 10.3. The van der Waals surface area contributed by atoms with E-state index in [2.05, 4.69) is 18.7 Å². The van der Waals surface area contributed by atoms with E-state index in [0.717, 1.165) is 31.1 Å². The van der Waals surface area contributed by atoms with Gasteiger partial charge in [-0.15, -0.1) is 0 Å². The van der Waals surface area contributed by atoms with E-state index in [-0.39, 0.29) is 6.10 Å². The summed E-state index contributed by atoms with van der Waals surface area (Å²) >= 11 is 0. The predicted octanol–water partition coefficient (Wildman–Crippen LogP) is 3.05. The van der Waals surface area contributed by atoms with Gasteiger partial charge in [-0.05, 0) is 50.4 Å². The fourth-order valence-electron chi connectivity index (χ4n) is 2.87. The third-order valence-electron chi connectivity index (χ3n) is 4.30. The Bertz CT molecular complexity index is 209. The van der Waals surface area contributed by atoms with Gasteiger partial charge in [0.2, 0.25) is 0 Å². The molecule has 2 fully saturated rings. The number of rotatable bonds is 9. The molecule has 0 aromatic rings. The Morgan fingerprint density at radius 1 is 1.06 bits per heavy atom. The molecule has 0 amide bonds. The number of nitrogens with zero attached hydrogens (tertiary/aromatic N) is 1. The minimum absolute atomic E-state index is 0.109. The van der Waals surface area contributed by atoms with Crippen molar-refractivity contribution in [3.05, 3.63) is 0 Å². The van der Waals surface area contributed by atoms with Gasteiger partial charge in [-0.2, -0.15) is 0 Å². The van der Waals surface area contributed by atoms with Crippen molar-refractivity contribution in [1.82, 2.24) is 4.90 Å². The van der Waals surface area contributed by atoms with Gasteiger partial charge in [0.05, 0.1) is 6.10 Å². The van der Waals surface area contributed by atoms with Crippen LogP contribution in [0.2, 0.25) is 0 Å². The molecule has 0 spiro atoms. The molecule has 0 saturated heterocycles. The van der Waals surface area contributed by atoms with Crippen molar-refractivity contribution in [3.63, 3.8) is 0 Å². The molecule has 2 aliphatic rings. The summed E-state index contributed by atoms with van der Waals surface area (Å²) in [6.07, 6.45) is 8.72. The summed E-state index contributed by atoms with van der Waals surface area (Å²) in [5.41, 5.74) is 0. The summed E-state index contributed by atoms with van der Waals surface area (Å²) in [7, 11) is 0. The maximum Gasteiger partial charge on any atom is 0.0695 e. The molecule has 0 aromatic heterocycles. The van der Waals surface area contributed by atoms with Gasteiger partial charge in [-0.3, -0.25) is 4.90 Å². The first kappa shape index (κ1) is 13.4. The first-order valence-electron chi connectivity index (χ1n) is 7.66. The molecule has 2 unspecified atom stereocenters. The van der Waals surface area contributed by atoms with Gasteiger partial charge in [0.15, 0.2) is 0 Å². The highest BCUT2D eigenvalue weighted by atomic mass is 16.3. The van der Waals surface area contributed by atoms with Gasteiger partial charge in [0.1, 0.15) is 0 Å². The van der Waals surface area contributed by atoms with E-state index in [0.29, 0.717) is 6.04 Å². The van der Waals surface area contributed by atoms with Crippen LogP contribution < -0.4 is 0 Å². The van der Waals surface area contributed by atoms with Crippen molar-refractivity contribution in [2.75, 3.05) is 13.1 Å². The van der Waals surface area contributed by atoms with Gasteiger partial charge in [0.25, 0.3) is 0 Å². The standard InChI is InChI=1S/C15H29NO/c1-3-5-15(17)14(4-2)16(10-12-6-7-12)11-13-8-9-13/h12-15,17H,3-11H2,1-2H3. The molecule has 0 heterocycles. The second kappa shape index (κ2) is 6.19. The van der Waals surface area contributed by atoms with Crippen LogP contribution in [0.15, 0.2) is 0 Å². The van der Waals surface area contributed by atoms with Crippen molar-refractivity contribution < 1.29 is 5.11 Å². The summed E-state index contributed by atoms with van der Waals surface area (Å²) in [5.74, 6) is 1.88. The molecule has 2 heteroatoms. The fraction of sp³-hybridized carbons (Fsp3) is 1.00. The topological polar surface area (TPSA) is 23.5 Å². The zero-order valence-corrected chi connectivity index (χ0v) is 11.6. The van der Waals surface area contributed by atoms with Crippen LogP contribution in [0.1, 0.15) is 58.8 Å².